The first kappa shape index (κ1) is 25.7. The number of aliphatic hydroxyl groups is 1. The molecule has 0 aromatic rings. The molecule has 0 aliphatic carbocycles. The molecule has 0 radical (unpaired) electrons. The molecule has 0 spiro atoms. The first-order chi connectivity index (χ1) is 11.3. The van der Waals surface area contributed by atoms with Gasteiger partial charge in [0.15, 0.2) is 5.90 Å². The summed E-state index contributed by atoms with van der Waals surface area (Å²) in [5.41, 5.74) is -0.199. The molecule has 0 aromatic carbocycles. The number of ether oxygens (including phenoxy) is 1. The van der Waals surface area contributed by atoms with Crippen molar-refractivity contribution in [3.63, 3.8) is 0 Å². The monoisotopic (exact) mass is 343 g/mol. The lowest BCUT2D eigenvalue weighted by Crippen LogP contribution is -2.34. The Morgan fingerprint density at radius 3 is 1.88 bits per heavy atom. The molecular weight excluding hydrogens is 298 g/mol. The summed E-state index contributed by atoms with van der Waals surface area (Å²) in [5.74, 6) is 0.879. The summed E-state index contributed by atoms with van der Waals surface area (Å²) in [6.07, 6.45) is 10.4. The van der Waals surface area contributed by atoms with Crippen molar-refractivity contribution < 1.29 is 9.84 Å². The van der Waals surface area contributed by atoms with Crippen LogP contribution in [0.1, 0.15) is 106 Å². The highest BCUT2D eigenvalue weighted by atomic mass is 16.5. The summed E-state index contributed by atoms with van der Waals surface area (Å²) in [4.78, 5) is 0. The van der Waals surface area contributed by atoms with Crippen LogP contribution in [0.15, 0.2) is 0 Å². The molecule has 0 aliphatic heterocycles. The minimum absolute atomic E-state index is 0.00229. The largest absolute Gasteiger partial charge is 0.475 e. The Kier molecular flexibility index (Phi) is 17.0. The normalized spacial score (nSPS) is 14.5. The van der Waals surface area contributed by atoms with E-state index in [1.54, 1.807) is 0 Å². The topological polar surface area (TPSA) is 53.3 Å². The number of unbranched alkanes of at least 4 members (excludes halogenated alkanes) is 4. The average molecular weight is 344 g/mol. The lowest BCUT2D eigenvalue weighted by molar-refractivity contribution is 0.0784. The average Bonchev–Trinajstić information content (AvgIpc) is 2.54. The Bertz CT molecular complexity index is 288. The zero-order valence-electron chi connectivity index (χ0n) is 17.6. The van der Waals surface area contributed by atoms with E-state index < -0.39 is 0 Å². The minimum atomic E-state index is -0.217. The van der Waals surface area contributed by atoms with E-state index in [2.05, 4.69) is 48.5 Å². The predicted molar refractivity (Wildman–Crippen MR) is 107 cm³/mol. The van der Waals surface area contributed by atoms with Crippen LogP contribution in [-0.2, 0) is 4.74 Å². The van der Waals surface area contributed by atoms with Gasteiger partial charge in [-0.25, -0.2) is 0 Å². The summed E-state index contributed by atoms with van der Waals surface area (Å²) >= 11 is 0. The van der Waals surface area contributed by atoms with Gasteiger partial charge < -0.3 is 9.84 Å². The Labute approximate surface area is 152 Å². The van der Waals surface area contributed by atoms with Crippen LogP contribution in [0.2, 0.25) is 0 Å². The second-order valence-electron chi connectivity index (χ2n) is 7.61. The summed E-state index contributed by atoms with van der Waals surface area (Å²) in [7, 11) is 0. The van der Waals surface area contributed by atoms with Crippen LogP contribution in [-0.4, -0.2) is 23.7 Å². The number of hydrogen-bond donors (Lipinski definition) is 2. The molecule has 0 rings (SSSR count). The van der Waals surface area contributed by atoms with Gasteiger partial charge in [0.2, 0.25) is 0 Å². The summed E-state index contributed by atoms with van der Waals surface area (Å²) in [6.45, 7) is 15.0. The van der Waals surface area contributed by atoms with Crippen LogP contribution in [0.4, 0.5) is 0 Å². The molecule has 3 heteroatoms. The first-order valence-electron chi connectivity index (χ1n) is 10.2. The number of hydrogen-bond acceptors (Lipinski definition) is 3. The molecule has 0 fully saturated rings. The maximum Gasteiger partial charge on any atom is 0.186 e. The molecule has 0 heterocycles. The maximum absolute atomic E-state index is 9.20. The quantitative estimate of drug-likeness (QED) is 0.239. The van der Waals surface area contributed by atoms with Crippen molar-refractivity contribution in [3.8, 4) is 0 Å². The fourth-order valence-corrected chi connectivity index (χ4v) is 2.79. The molecular formula is C21H45NO2. The van der Waals surface area contributed by atoms with Crippen LogP contribution in [0.5, 0.6) is 0 Å². The van der Waals surface area contributed by atoms with Crippen molar-refractivity contribution in [1.82, 2.24) is 0 Å². The second-order valence-corrected chi connectivity index (χ2v) is 7.61. The maximum atomic E-state index is 9.20. The molecule has 2 atom stereocenters. The SMILES string of the molecule is CCCC(CO)OC(=N)C(C)(CC)CC(C)C.CCCCCCC. The fourth-order valence-electron chi connectivity index (χ4n) is 2.79. The fraction of sp³-hybridized carbons (Fsp3) is 0.952. The van der Waals surface area contributed by atoms with Gasteiger partial charge in [-0.05, 0) is 25.2 Å². The van der Waals surface area contributed by atoms with E-state index in [1.807, 2.05) is 0 Å². The van der Waals surface area contributed by atoms with E-state index in [9.17, 15) is 5.11 Å². The number of rotatable bonds is 12. The van der Waals surface area contributed by atoms with Crippen molar-refractivity contribution in [2.24, 2.45) is 11.3 Å². The Morgan fingerprint density at radius 1 is 1.00 bits per heavy atom. The van der Waals surface area contributed by atoms with Gasteiger partial charge in [-0.2, -0.15) is 0 Å². The second kappa shape index (κ2) is 15.9. The molecule has 0 saturated carbocycles. The summed E-state index contributed by atoms with van der Waals surface area (Å²) < 4.78 is 5.63. The van der Waals surface area contributed by atoms with E-state index in [0.717, 1.165) is 25.7 Å². The zero-order chi connectivity index (χ0) is 19.0. The standard InChI is InChI=1S/C14H29NO2.C7H16/c1-6-8-12(10-16)17-13(15)14(5,7-2)9-11(3)4;1-3-5-7-6-4-2/h11-12,15-16H,6-10H2,1-5H3;3-7H2,1-2H3. The third-order valence-electron chi connectivity index (χ3n) is 4.49. The third-order valence-corrected chi connectivity index (χ3v) is 4.49. The van der Waals surface area contributed by atoms with Gasteiger partial charge in [-0.1, -0.05) is 87.0 Å². The number of aliphatic hydroxyl groups excluding tert-OH is 1. The molecule has 0 bridgehead atoms. The van der Waals surface area contributed by atoms with Gasteiger partial charge in [-0.3, -0.25) is 5.41 Å². The van der Waals surface area contributed by atoms with Crippen LogP contribution in [0, 0.1) is 16.7 Å². The Balaban J connectivity index is 0. The van der Waals surface area contributed by atoms with Crippen LogP contribution < -0.4 is 0 Å². The van der Waals surface area contributed by atoms with Crippen molar-refractivity contribution in [2.75, 3.05) is 6.61 Å². The molecule has 3 nitrogen and oxygen atoms in total. The van der Waals surface area contributed by atoms with Crippen molar-refractivity contribution in [1.29, 1.82) is 5.41 Å². The molecule has 24 heavy (non-hydrogen) atoms. The minimum Gasteiger partial charge on any atom is -0.475 e. The third kappa shape index (κ3) is 12.8. The highest BCUT2D eigenvalue weighted by Gasteiger charge is 2.31. The molecule has 0 amide bonds. The zero-order valence-corrected chi connectivity index (χ0v) is 17.6. The molecule has 0 aliphatic rings. The molecule has 0 saturated heterocycles. The summed E-state index contributed by atoms with van der Waals surface area (Å²) in [6, 6.07) is 0. The molecule has 0 aromatic heterocycles. The van der Waals surface area contributed by atoms with Crippen molar-refractivity contribution in [3.05, 3.63) is 0 Å². The summed E-state index contributed by atoms with van der Waals surface area (Å²) in [5, 5.41) is 17.3. The van der Waals surface area contributed by atoms with E-state index in [0.29, 0.717) is 11.8 Å². The van der Waals surface area contributed by atoms with Gasteiger partial charge in [0.05, 0.1) is 6.61 Å². The van der Waals surface area contributed by atoms with Gasteiger partial charge in [0.1, 0.15) is 6.10 Å². The Hall–Kier alpha value is -0.570. The van der Waals surface area contributed by atoms with Gasteiger partial charge in [0.25, 0.3) is 0 Å². The van der Waals surface area contributed by atoms with Gasteiger partial charge in [-0.15, -0.1) is 0 Å². The highest BCUT2D eigenvalue weighted by molar-refractivity contribution is 5.79. The highest BCUT2D eigenvalue weighted by Crippen LogP contribution is 2.32. The van der Waals surface area contributed by atoms with Gasteiger partial charge in [0, 0.05) is 5.41 Å². The van der Waals surface area contributed by atoms with Crippen LogP contribution in [0.3, 0.4) is 0 Å². The molecule has 2 unspecified atom stereocenters. The van der Waals surface area contributed by atoms with E-state index >= 15 is 0 Å². The van der Waals surface area contributed by atoms with Crippen molar-refractivity contribution >= 4 is 5.90 Å². The van der Waals surface area contributed by atoms with Gasteiger partial charge >= 0.3 is 0 Å². The predicted octanol–water partition coefficient (Wildman–Crippen LogP) is 6.58. The van der Waals surface area contributed by atoms with E-state index in [4.69, 9.17) is 10.1 Å². The van der Waals surface area contributed by atoms with Crippen LogP contribution in [0.25, 0.3) is 0 Å². The molecule has 2 N–H and O–H groups in total. The van der Waals surface area contributed by atoms with E-state index in [-0.39, 0.29) is 18.1 Å². The van der Waals surface area contributed by atoms with Crippen molar-refractivity contribution in [2.45, 2.75) is 112 Å². The lowest BCUT2D eigenvalue weighted by Gasteiger charge is -2.32. The van der Waals surface area contributed by atoms with E-state index in [1.165, 1.54) is 32.1 Å². The molecule has 146 valence electrons. The number of nitrogens with one attached hydrogen (secondary N) is 1. The van der Waals surface area contributed by atoms with Crippen LogP contribution >= 0.6 is 0 Å². The first-order valence-corrected chi connectivity index (χ1v) is 10.2. The lowest BCUT2D eigenvalue weighted by atomic mass is 9.79. The smallest absolute Gasteiger partial charge is 0.186 e. The Morgan fingerprint density at radius 2 is 1.54 bits per heavy atom.